The van der Waals surface area contributed by atoms with E-state index in [0.29, 0.717) is 28.7 Å². The molecule has 0 N–H and O–H groups in total. The largest absolute Gasteiger partial charge is 0.497 e. The number of benzene rings is 2. The van der Waals surface area contributed by atoms with Gasteiger partial charge in [-0.25, -0.2) is 4.98 Å². The fourth-order valence-corrected chi connectivity index (χ4v) is 4.15. The molecule has 0 aliphatic rings. The molecule has 31 heavy (non-hydrogen) atoms. The van der Waals surface area contributed by atoms with Crippen LogP contribution in [0.4, 0.5) is 5.13 Å². The van der Waals surface area contributed by atoms with E-state index in [-0.39, 0.29) is 5.91 Å². The van der Waals surface area contributed by atoms with E-state index in [1.807, 2.05) is 30.3 Å². The lowest BCUT2D eigenvalue weighted by Gasteiger charge is -2.21. The number of ether oxygens (including phenoxy) is 3. The maximum atomic E-state index is 13.7. The van der Waals surface area contributed by atoms with Crippen molar-refractivity contribution in [1.29, 1.82) is 0 Å². The highest BCUT2D eigenvalue weighted by Gasteiger charge is 2.25. The van der Waals surface area contributed by atoms with Crippen LogP contribution in [0.5, 0.6) is 17.2 Å². The molecule has 7 nitrogen and oxygen atoms in total. The van der Waals surface area contributed by atoms with Crippen LogP contribution in [0.2, 0.25) is 0 Å². The predicted octanol–water partition coefficient (Wildman–Crippen LogP) is 4.56. The van der Waals surface area contributed by atoms with Crippen LogP contribution in [0.3, 0.4) is 0 Å². The predicted molar refractivity (Wildman–Crippen MR) is 120 cm³/mol. The van der Waals surface area contributed by atoms with Gasteiger partial charge in [0.2, 0.25) is 0 Å². The summed E-state index contributed by atoms with van der Waals surface area (Å²) in [7, 11) is 4.72. The van der Waals surface area contributed by atoms with Gasteiger partial charge < -0.3 is 14.2 Å². The third kappa shape index (κ3) is 4.29. The van der Waals surface area contributed by atoms with Gasteiger partial charge in [-0.15, -0.1) is 0 Å². The molecule has 0 atom stereocenters. The number of nitrogens with zero attached hydrogens (tertiary/aromatic N) is 3. The number of pyridine rings is 1. The van der Waals surface area contributed by atoms with E-state index in [4.69, 9.17) is 19.2 Å². The first-order valence-electron chi connectivity index (χ1n) is 9.50. The van der Waals surface area contributed by atoms with Gasteiger partial charge in [-0.1, -0.05) is 17.4 Å². The number of thiazole rings is 1. The maximum absolute atomic E-state index is 13.7. The minimum atomic E-state index is -0.245. The third-order valence-electron chi connectivity index (χ3n) is 4.76. The van der Waals surface area contributed by atoms with Crippen molar-refractivity contribution >= 4 is 32.6 Å². The monoisotopic (exact) mass is 435 g/mol. The summed E-state index contributed by atoms with van der Waals surface area (Å²) < 4.78 is 17.0. The molecule has 0 unspecified atom stereocenters. The Bertz CT molecular complexity index is 1210. The van der Waals surface area contributed by atoms with Crippen molar-refractivity contribution in [2.24, 2.45) is 0 Å². The SMILES string of the molecule is COc1ccc(OC)c(C(=O)N(Cc2cccnc2)c2nc3ccc(OC)cc3s2)c1. The Morgan fingerprint density at radius 1 is 1.00 bits per heavy atom. The lowest BCUT2D eigenvalue weighted by atomic mass is 10.1. The van der Waals surface area contributed by atoms with Crippen LogP contribution in [0.1, 0.15) is 15.9 Å². The highest BCUT2D eigenvalue weighted by atomic mass is 32.1. The van der Waals surface area contributed by atoms with E-state index in [2.05, 4.69) is 4.98 Å². The molecule has 0 aliphatic carbocycles. The molecule has 158 valence electrons. The summed E-state index contributed by atoms with van der Waals surface area (Å²) in [6.07, 6.45) is 3.43. The van der Waals surface area contributed by atoms with Gasteiger partial charge in [-0.3, -0.25) is 14.7 Å². The first-order chi connectivity index (χ1) is 15.1. The molecule has 0 aliphatic heterocycles. The second-order valence-corrected chi connectivity index (χ2v) is 7.66. The lowest BCUT2D eigenvalue weighted by Crippen LogP contribution is -2.30. The smallest absolute Gasteiger partial charge is 0.264 e. The number of hydrogen-bond acceptors (Lipinski definition) is 7. The van der Waals surface area contributed by atoms with Crippen LogP contribution in [0, 0.1) is 0 Å². The Kier molecular flexibility index (Phi) is 5.99. The van der Waals surface area contributed by atoms with Crippen LogP contribution >= 0.6 is 11.3 Å². The van der Waals surface area contributed by atoms with Gasteiger partial charge in [-0.2, -0.15) is 0 Å². The highest BCUT2D eigenvalue weighted by molar-refractivity contribution is 7.22. The molecule has 0 fully saturated rings. The second-order valence-electron chi connectivity index (χ2n) is 6.65. The normalized spacial score (nSPS) is 10.7. The average molecular weight is 436 g/mol. The molecule has 0 radical (unpaired) electrons. The minimum Gasteiger partial charge on any atom is -0.497 e. The molecule has 0 saturated heterocycles. The summed E-state index contributed by atoms with van der Waals surface area (Å²) in [6.45, 7) is 0.310. The molecule has 0 spiro atoms. The van der Waals surface area contributed by atoms with E-state index < -0.39 is 0 Å². The Hall–Kier alpha value is -3.65. The van der Waals surface area contributed by atoms with E-state index in [9.17, 15) is 4.79 Å². The maximum Gasteiger partial charge on any atom is 0.264 e. The molecule has 8 heteroatoms. The van der Waals surface area contributed by atoms with Crippen LogP contribution < -0.4 is 19.1 Å². The Morgan fingerprint density at radius 2 is 1.77 bits per heavy atom. The number of methoxy groups -OCH3 is 3. The third-order valence-corrected chi connectivity index (χ3v) is 5.80. The van der Waals surface area contributed by atoms with Crippen molar-refractivity contribution in [1.82, 2.24) is 9.97 Å². The zero-order valence-corrected chi connectivity index (χ0v) is 18.2. The molecular formula is C23H21N3O4S. The number of hydrogen-bond donors (Lipinski definition) is 0. The van der Waals surface area contributed by atoms with Crippen molar-refractivity contribution in [3.8, 4) is 17.2 Å². The summed E-state index contributed by atoms with van der Waals surface area (Å²) in [6, 6.07) is 14.6. The molecule has 4 rings (SSSR count). The zero-order valence-electron chi connectivity index (χ0n) is 17.4. The van der Waals surface area contributed by atoms with Crippen molar-refractivity contribution in [2.45, 2.75) is 6.54 Å². The number of carbonyl (C=O) groups excluding carboxylic acids is 1. The van der Waals surface area contributed by atoms with Crippen molar-refractivity contribution < 1.29 is 19.0 Å². The highest BCUT2D eigenvalue weighted by Crippen LogP contribution is 2.34. The van der Waals surface area contributed by atoms with E-state index in [1.54, 1.807) is 49.7 Å². The van der Waals surface area contributed by atoms with Gasteiger partial charge in [0.25, 0.3) is 5.91 Å². The standard InChI is InChI=1S/C23H21N3O4S/c1-28-16-7-9-20(30-3)18(11-16)22(27)26(14-15-5-4-10-24-13-15)23-25-19-8-6-17(29-2)12-21(19)31-23/h4-13H,14H2,1-3H3. The molecule has 2 aromatic carbocycles. The Morgan fingerprint density at radius 3 is 2.48 bits per heavy atom. The van der Waals surface area contributed by atoms with Gasteiger partial charge in [0.05, 0.1) is 43.7 Å². The quantitative estimate of drug-likeness (QED) is 0.424. The van der Waals surface area contributed by atoms with Crippen LogP contribution in [0.15, 0.2) is 60.9 Å². The van der Waals surface area contributed by atoms with Crippen LogP contribution in [-0.4, -0.2) is 37.2 Å². The topological polar surface area (TPSA) is 73.8 Å². The second kappa shape index (κ2) is 9.01. The zero-order chi connectivity index (χ0) is 21.8. The fraction of sp³-hybridized carbons (Fsp3) is 0.174. The van der Waals surface area contributed by atoms with E-state index in [1.165, 1.54) is 18.4 Å². The molecular weight excluding hydrogens is 414 g/mol. The Labute approximate surface area is 183 Å². The molecule has 0 saturated carbocycles. The number of carbonyl (C=O) groups is 1. The molecule has 2 heterocycles. The molecule has 4 aromatic rings. The molecule has 0 bridgehead atoms. The van der Waals surface area contributed by atoms with Gasteiger partial charge in [0, 0.05) is 12.4 Å². The average Bonchev–Trinajstić information content (AvgIpc) is 3.25. The number of amides is 1. The van der Waals surface area contributed by atoms with Crippen LogP contribution in [0.25, 0.3) is 10.2 Å². The van der Waals surface area contributed by atoms with E-state index >= 15 is 0 Å². The lowest BCUT2D eigenvalue weighted by molar-refractivity contribution is 0.0982. The molecule has 2 aromatic heterocycles. The van der Waals surface area contributed by atoms with Gasteiger partial charge in [0.15, 0.2) is 5.13 Å². The first kappa shape index (κ1) is 20.6. The summed E-state index contributed by atoms with van der Waals surface area (Å²) in [5, 5.41) is 0.571. The number of fused-ring (bicyclic) bond motifs is 1. The van der Waals surface area contributed by atoms with Gasteiger partial charge >= 0.3 is 0 Å². The van der Waals surface area contributed by atoms with Gasteiger partial charge in [0.1, 0.15) is 17.2 Å². The molecule has 1 amide bonds. The Balaban J connectivity index is 1.80. The van der Waals surface area contributed by atoms with Crippen molar-refractivity contribution in [2.75, 3.05) is 26.2 Å². The summed E-state index contributed by atoms with van der Waals surface area (Å²) in [4.78, 5) is 24.2. The minimum absolute atomic E-state index is 0.245. The van der Waals surface area contributed by atoms with E-state index in [0.717, 1.165) is 21.5 Å². The number of aromatic nitrogens is 2. The van der Waals surface area contributed by atoms with Gasteiger partial charge in [-0.05, 0) is 48.0 Å². The summed E-state index contributed by atoms with van der Waals surface area (Å²) >= 11 is 1.42. The number of anilines is 1. The van der Waals surface area contributed by atoms with Crippen molar-refractivity contribution in [3.63, 3.8) is 0 Å². The van der Waals surface area contributed by atoms with Crippen molar-refractivity contribution in [3.05, 3.63) is 72.1 Å². The summed E-state index contributed by atoms with van der Waals surface area (Å²) in [5.74, 6) is 1.53. The number of rotatable bonds is 7. The first-order valence-corrected chi connectivity index (χ1v) is 10.3. The fourth-order valence-electron chi connectivity index (χ4n) is 3.16. The van der Waals surface area contributed by atoms with Crippen LogP contribution in [-0.2, 0) is 6.54 Å². The summed E-state index contributed by atoms with van der Waals surface area (Å²) in [5.41, 5.74) is 2.07.